The van der Waals surface area contributed by atoms with Gasteiger partial charge in [0.25, 0.3) is 0 Å². The van der Waals surface area contributed by atoms with Crippen LogP contribution < -0.4 is 21.3 Å². The van der Waals surface area contributed by atoms with E-state index >= 15 is 0 Å². The van der Waals surface area contributed by atoms with Crippen LogP contribution in [-0.4, -0.2) is 35.3 Å². The number of rotatable bonds is 8. The maximum atomic E-state index is 6.35. The Labute approximate surface area is 180 Å². The van der Waals surface area contributed by atoms with E-state index in [1.807, 2.05) is 42.5 Å². The number of aromatic nitrogens is 3. The standard InChI is InChI=1S/C23H24N6O2/c1-30-11-12-31-22-14-18(8-10-27-22)21-7-5-19(24)23(28-21)29(25)15-16-4-6-20-17(13-16)3-2-9-26-20/h2-10,13-14H,11-12,15,24-25H2,1H3. The SMILES string of the molecule is COCCOc1cc(-c2ccc(N)c(N(N)Cc3ccc4ncccc4c3)n2)ccn1. The summed E-state index contributed by atoms with van der Waals surface area (Å²) in [5.41, 5.74) is 10.2. The third kappa shape index (κ3) is 4.88. The summed E-state index contributed by atoms with van der Waals surface area (Å²) in [6.45, 7) is 1.36. The molecule has 0 atom stereocenters. The lowest BCUT2D eigenvalue weighted by Crippen LogP contribution is -2.31. The fourth-order valence-electron chi connectivity index (χ4n) is 3.22. The van der Waals surface area contributed by atoms with Crippen molar-refractivity contribution < 1.29 is 9.47 Å². The molecule has 4 aromatic rings. The summed E-state index contributed by atoms with van der Waals surface area (Å²) >= 11 is 0. The molecule has 0 saturated carbocycles. The Morgan fingerprint density at radius 1 is 0.968 bits per heavy atom. The fraction of sp³-hybridized carbons (Fsp3) is 0.174. The molecule has 0 radical (unpaired) electrons. The molecule has 0 bridgehead atoms. The van der Waals surface area contributed by atoms with Crippen LogP contribution in [0.25, 0.3) is 22.2 Å². The number of methoxy groups -OCH3 is 1. The first-order valence-electron chi connectivity index (χ1n) is 9.84. The number of nitrogen functional groups attached to an aromatic ring is 1. The minimum atomic E-state index is 0.422. The topological polar surface area (TPSA) is 112 Å². The van der Waals surface area contributed by atoms with Gasteiger partial charge in [-0.05, 0) is 42.0 Å². The molecule has 31 heavy (non-hydrogen) atoms. The van der Waals surface area contributed by atoms with Gasteiger partial charge in [-0.3, -0.25) is 9.99 Å². The molecule has 3 aromatic heterocycles. The van der Waals surface area contributed by atoms with Gasteiger partial charge in [0, 0.05) is 36.5 Å². The zero-order valence-electron chi connectivity index (χ0n) is 17.2. The fourth-order valence-corrected chi connectivity index (χ4v) is 3.22. The maximum Gasteiger partial charge on any atom is 0.213 e. The normalized spacial score (nSPS) is 10.9. The molecule has 158 valence electrons. The molecular weight excluding hydrogens is 392 g/mol. The van der Waals surface area contributed by atoms with E-state index in [0.29, 0.717) is 37.1 Å². The molecule has 4 rings (SSSR count). The Bertz CT molecular complexity index is 1180. The molecule has 0 fully saturated rings. The van der Waals surface area contributed by atoms with Crippen LogP contribution in [0.4, 0.5) is 11.5 Å². The number of nitrogens with two attached hydrogens (primary N) is 2. The lowest BCUT2D eigenvalue weighted by molar-refractivity contribution is 0.144. The van der Waals surface area contributed by atoms with E-state index < -0.39 is 0 Å². The number of fused-ring (bicyclic) bond motifs is 1. The third-order valence-electron chi connectivity index (χ3n) is 4.77. The number of hydrazine groups is 1. The summed E-state index contributed by atoms with van der Waals surface area (Å²) in [5, 5.41) is 2.61. The minimum absolute atomic E-state index is 0.422. The quantitative estimate of drug-likeness (QED) is 0.256. The van der Waals surface area contributed by atoms with Gasteiger partial charge < -0.3 is 15.2 Å². The van der Waals surface area contributed by atoms with Gasteiger partial charge >= 0.3 is 0 Å². The minimum Gasteiger partial charge on any atom is -0.475 e. The average Bonchev–Trinajstić information content (AvgIpc) is 2.79. The summed E-state index contributed by atoms with van der Waals surface area (Å²) in [6, 6.07) is 17.3. The molecule has 0 saturated heterocycles. The highest BCUT2D eigenvalue weighted by molar-refractivity contribution is 5.79. The number of anilines is 2. The number of pyridine rings is 3. The van der Waals surface area contributed by atoms with Crippen molar-refractivity contribution in [2.24, 2.45) is 5.84 Å². The van der Waals surface area contributed by atoms with Crippen molar-refractivity contribution in [3.8, 4) is 17.1 Å². The van der Waals surface area contributed by atoms with Crippen molar-refractivity contribution in [3.63, 3.8) is 0 Å². The summed E-state index contributed by atoms with van der Waals surface area (Å²) in [4.78, 5) is 13.3. The number of nitrogens with zero attached hydrogens (tertiary/aromatic N) is 4. The molecule has 0 aliphatic heterocycles. The molecule has 0 amide bonds. The Hall–Kier alpha value is -3.75. The van der Waals surface area contributed by atoms with Crippen molar-refractivity contribution in [2.45, 2.75) is 6.54 Å². The first kappa shape index (κ1) is 20.5. The smallest absolute Gasteiger partial charge is 0.213 e. The molecule has 0 unspecified atom stereocenters. The van der Waals surface area contributed by atoms with Crippen molar-refractivity contribution in [1.82, 2.24) is 15.0 Å². The number of ether oxygens (including phenoxy) is 2. The van der Waals surface area contributed by atoms with E-state index in [2.05, 4.69) is 16.0 Å². The van der Waals surface area contributed by atoms with Gasteiger partial charge in [-0.25, -0.2) is 15.8 Å². The van der Waals surface area contributed by atoms with Gasteiger partial charge in [0.05, 0.1) is 30.0 Å². The Balaban J connectivity index is 1.56. The van der Waals surface area contributed by atoms with Crippen LogP contribution in [0.5, 0.6) is 5.88 Å². The van der Waals surface area contributed by atoms with Crippen molar-refractivity contribution in [1.29, 1.82) is 0 Å². The summed E-state index contributed by atoms with van der Waals surface area (Å²) in [6.07, 6.45) is 3.46. The lowest BCUT2D eigenvalue weighted by atomic mass is 10.1. The van der Waals surface area contributed by atoms with E-state index in [1.165, 1.54) is 0 Å². The van der Waals surface area contributed by atoms with Crippen molar-refractivity contribution in [3.05, 3.63) is 72.6 Å². The molecule has 8 heteroatoms. The van der Waals surface area contributed by atoms with Crippen LogP contribution >= 0.6 is 0 Å². The second-order valence-electron chi connectivity index (χ2n) is 6.99. The maximum absolute atomic E-state index is 6.35. The molecule has 1 aromatic carbocycles. The highest BCUT2D eigenvalue weighted by Crippen LogP contribution is 2.27. The van der Waals surface area contributed by atoms with Gasteiger partial charge in [-0.15, -0.1) is 0 Å². The summed E-state index contributed by atoms with van der Waals surface area (Å²) < 4.78 is 10.6. The van der Waals surface area contributed by atoms with Gasteiger partial charge in [-0.2, -0.15) is 0 Å². The van der Waals surface area contributed by atoms with Crippen LogP contribution in [0.15, 0.2) is 67.0 Å². The van der Waals surface area contributed by atoms with Crippen molar-refractivity contribution >= 4 is 22.4 Å². The monoisotopic (exact) mass is 416 g/mol. The van der Waals surface area contributed by atoms with E-state index in [4.69, 9.17) is 26.0 Å². The predicted octanol–water partition coefficient (Wildman–Crippen LogP) is 3.18. The molecule has 0 spiro atoms. The van der Waals surface area contributed by atoms with E-state index in [-0.39, 0.29) is 0 Å². The zero-order chi connectivity index (χ0) is 21.6. The Kier molecular flexibility index (Phi) is 6.21. The predicted molar refractivity (Wildman–Crippen MR) is 121 cm³/mol. The third-order valence-corrected chi connectivity index (χ3v) is 4.77. The largest absolute Gasteiger partial charge is 0.475 e. The first-order chi connectivity index (χ1) is 15.1. The summed E-state index contributed by atoms with van der Waals surface area (Å²) in [5.74, 6) is 7.36. The number of hydrogen-bond acceptors (Lipinski definition) is 8. The zero-order valence-corrected chi connectivity index (χ0v) is 17.2. The second kappa shape index (κ2) is 9.38. The average molecular weight is 416 g/mol. The highest BCUT2D eigenvalue weighted by Gasteiger charge is 2.12. The van der Waals surface area contributed by atoms with Gasteiger partial charge in [-0.1, -0.05) is 12.1 Å². The Morgan fingerprint density at radius 3 is 2.74 bits per heavy atom. The van der Waals surface area contributed by atoms with E-state index in [1.54, 1.807) is 30.6 Å². The van der Waals surface area contributed by atoms with Gasteiger partial charge in [0.2, 0.25) is 5.88 Å². The summed E-state index contributed by atoms with van der Waals surface area (Å²) in [7, 11) is 1.63. The van der Waals surface area contributed by atoms with Crippen molar-refractivity contribution in [2.75, 3.05) is 31.1 Å². The molecule has 0 aliphatic carbocycles. The Morgan fingerprint density at radius 2 is 1.87 bits per heavy atom. The van der Waals surface area contributed by atoms with Crippen LogP contribution in [0.1, 0.15) is 5.56 Å². The number of hydrogen-bond donors (Lipinski definition) is 2. The van der Waals surface area contributed by atoms with Crippen LogP contribution in [-0.2, 0) is 11.3 Å². The van der Waals surface area contributed by atoms with Gasteiger partial charge in [0.15, 0.2) is 5.82 Å². The van der Waals surface area contributed by atoms with Crippen LogP contribution in [0, 0.1) is 0 Å². The molecular formula is C23H24N6O2. The van der Waals surface area contributed by atoms with Crippen LogP contribution in [0.2, 0.25) is 0 Å². The lowest BCUT2D eigenvalue weighted by Gasteiger charge is -2.20. The molecule has 8 nitrogen and oxygen atoms in total. The van der Waals surface area contributed by atoms with E-state index in [9.17, 15) is 0 Å². The molecule has 4 N–H and O–H groups in total. The second-order valence-corrected chi connectivity index (χ2v) is 6.99. The van der Waals surface area contributed by atoms with Crippen LogP contribution in [0.3, 0.4) is 0 Å². The molecule has 3 heterocycles. The highest BCUT2D eigenvalue weighted by atomic mass is 16.5. The number of benzene rings is 1. The first-order valence-corrected chi connectivity index (χ1v) is 9.84. The van der Waals surface area contributed by atoms with Gasteiger partial charge in [0.1, 0.15) is 6.61 Å². The molecule has 0 aliphatic rings. The van der Waals surface area contributed by atoms with E-state index in [0.717, 1.165) is 27.7 Å².